The van der Waals surface area contributed by atoms with Crippen LogP contribution in [0, 0.1) is 23.0 Å². The van der Waals surface area contributed by atoms with Gasteiger partial charge in [0, 0.05) is 12.1 Å². The molecular formula is C15H12F2N2O. The summed E-state index contributed by atoms with van der Waals surface area (Å²) in [5.74, 6) is -0.956. The predicted octanol–water partition coefficient (Wildman–Crippen LogP) is 3.46. The monoisotopic (exact) mass is 274 g/mol. The van der Waals surface area contributed by atoms with E-state index in [1.165, 1.54) is 7.11 Å². The van der Waals surface area contributed by atoms with Crippen LogP contribution >= 0.6 is 0 Å². The summed E-state index contributed by atoms with van der Waals surface area (Å²) < 4.78 is 32.6. The zero-order valence-corrected chi connectivity index (χ0v) is 10.8. The highest BCUT2D eigenvalue weighted by molar-refractivity contribution is 5.51. The van der Waals surface area contributed by atoms with E-state index in [0.717, 1.165) is 17.7 Å². The van der Waals surface area contributed by atoms with Crippen molar-refractivity contribution in [3.8, 4) is 11.8 Å². The molecule has 0 aliphatic rings. The Hall–Kier alpha value is -2.61. The molecule has 0 aliphatic carbocycles. The topological polar surface area (TPSA) is 45.0 Å². The van der Waals surface area contributed by atoms with Gasteiger partial charge in [0.2, 0.25) is 0 Å². The van der Waals surface area contributed by atoms with Gasteiger partial charge in [0.05, 0.1) is 18.7 Å². The van der Waals surface area contributed by atoms with Crippen molar-refractivity contribution in [1.29, 1.82) is 5.26 Å². The van der Waals surface area contributed by atoms with Crippen LogP contribution in [-0.2, 0) is 6.54 Å². The van der Waals surface area contributed by atoms with Gasteiger partial charge in [-0.1, -0.05) is 18.2 Å². The van der Waals surface area contributed by atoms with Gasteiger partial charge >= 0.3 is 0 Å². The number of rotatable bonds is 4. The van der Waals surface area contributed by atoms with Crippen LogP contribution in [0.4, 0.5) is 14.5 Å². The maximum atomic E-state index is 13.7. The van der Waals surface area contributed by atoms with Gasteiger partial charge in [-0.25, -0.2) is 8.78 Å². The van der Waals surface area contributed by atoms with Crippen molar-refractivity contribution < 1.29 is 13.5 Å². The normalized spacial score (nSPS) is 9.90. The zero-order chi connectivity index (χ0) is 14.5. The lowest BCUT2D eigenvalue weighted by atomic mass is 10.1. The second-order valence-electron chi connectivity index (χ2n) is 4.09. The summed E-state index contributed by atoms with van der Waals surface area (Å²) in [6.07, 6.45) is 0. The number of ether oxygens (including phenoxy) is 1. The number of hydrogen-bond donors (Lipinski definition) is 1. The number of nitrogens with one attached hydrogen (secondary N) is 1. The molecule has 0 saturated carbocycles. The first kappa shape index (κ1) is 13.8. The highest BCUT2D eigenvalue weighted by atomic mass is 19.1. The van der Waals surface area contributed by atoms with Crippen LogP contribution in [0.15, 0.2) is 36.4 Å². The first-order chi connectivity index (χ1) is 9.65. The fourth-order valence-corrected chi connectivity index (χ4v) is 1.84. The van der Waals surface area contributed by atoms with Crippen molar-refractivity contribution in [3.63, 3.8) is 0 Å². The zero-order valence-electron chi connectivity index (χ0n) is 10.8. The third-order valence-electron chi connectivity index (χ3n) is 2.82. The molecule has 0 bridgehead atoms. The Morgan fingerprint density at radius 2 is 1.85 bits per heavy atom. The molecule has 0 aromatic heterocycles. The van der Waals surface area contributed by atoms with Gasteiger partial charge in [0.25, 0.3) is 0 Å². The Balaban J connectivity index is 2.22. The van der Waals surface area contributed by atoms with Gasteiger partial charge in [-0.05, 0) is 18.2 Å². The molecule has 0 heterocycles. The molecule has 5 heteroatoms. The lowest BCUT2D eigenvalue weighted by Gasteiger charge is -2.11. The molecule has 2 aromatic rings. The molecule has 3 nitrogen and oxygen atoms in total. The highest BCUT2D eigenvalue weighted by Crippen LogP contribution is 2.23. The van der Waals surface area contributed by atoms with Gasteiger partial charge in [-0.2, -0.15) is 5.26 Å². The third kappa shape index (κ3) is 2.86. The Labute approximate surface area is 115 Å². The summed E-state index contributed by atoms with van der Waals surface area (Å²) in [6, 6.07) is 10.9. The molecule has 0 spiro atoms. The van der Waals surface area contributed by atoms with Crippen molar-refractivity contribution in [2.75, 3.05) is 12.4 Å². The van der Waals surface area contributed by atoms with Gasteiger partial charge in [0.15, 0.2) is 11.6 Å². The molecule has 2 rings (SSSR count). The van der Waals surface area contributed by atoms with Crippen molar-refractivity contribution in [2.45, 2.75) is 6.54 Å². The molecule has 0 aliphatic heterocycles. The van der Waals surface area contributed by atoms with Gasteiger partial charge < -0.3 is 10.1 Å². The number of anilines is 1. The van der Waals surface area contributed by atoms with E-state index in [0.29, 0.717) is 5.75 Å². The van der Waals surface area contributed by atoms with Crippen molar-refractivity contribution in [1.82, 2.24) is 0 Å². The van der Waals surface area contributed by atoms with Crippen molar-refractivity contribution in [2.24, 2.45) is 0 Å². The van der Waals surface area contributed by atoms with E-state index in [-0.39, 0.29) is 17.8 Å². The third-order valence-corrected chi connectivity index (χ3v) is 2.82. The quantitative estimate of drug-likeness (QED) is 0.928. The minimum atomic E-state index is -0.795. The van der Waals surface area contributed by atoms with Crippen molar-refractivity contribution in [3.05, 3.63) is 59.2 Å². The molecule has 0 amide bonds. The number of methoxy groups -OCH3 is 1. The number of benzene rings is 2. The molecular weight excluding hydrogens is 262 g/mol. The Morgan fingerprint density at radius 3 is 2.45 bits per heavy atom. The van der Waals surface area contributed by atoms with Crippen LogP contribution in [-0.4, -0.2) is 7.11 Å². The maximum absolute atomic E-state index is 13.7. The van der Waals surface area contributed by atoms with Crippen LogP contribution in [0.2, 0.25) is 0 Å². The Kier molecular flexibility index (Phi) is 4.16. The number of nitrogens with zero attached hydrogens (tertiary/aromatic N) is 1. The van der Waals surface area contributed by atoms with Crippen LogP contribution < -0.4 is 10.1 Å². The molecule has 2 aromatic carbocycles. The van der Waals surface area contributed by atoms with E-state index in [2.05, 4.69) is 5.32 Å². The Morgan fingerprint density at radius 1 is 1.20 bits per heavy atom. The van der Waals surface area contributed by atoms with E-state index in [4.69, 9.17) is 10.00 Å². The first-order valence-electron chi connectivity index (χ1n) is 5.90. The van der Waals surface area contributed by atoms with Gasteiger partial charge in [-0.3, -0.25) is 0 Å². The van der Waals surface area contributed by atoms with Crippen LogP contribution in [0.5, 0.6) is 5.75 Å². The van der Waals surface area contributed by atoms with Crippen LogP contribution in [0.25, 0.3) is 0 Å². The second-order valence-corrected chi connectivity index (χ2v) is 4.09. The van der Waals surface area contributed by atoms with E-state index < -0.39 is 11.6 Å². The minimum Gasteiger partial charge on any atom is -0.496 e. The minimum absolute atomic E-state index is 0.0529. The number of hydrogen-bond acceptors (Lipinski definition) is 3. The van der Waals surface area contributed by atoms with Crippen LogP contribution in [0.1, 0.15) is 11.1 Å². The average molecular weight is 274 g/mol. The lowest BCUT2D eigenvalue weighted by Crippen LogP contribution is -2.05. The highest BCUT2D eigenvalue weighted by Gasteiger charge is 2.11. The fourth-order valence-electron chi connectivity index (χ4n) is 1.84. The fraction of sp³-hybridized carbons (Fsp3) is 0.133. The predicted molar refractivity (Wildman–Crippen MR) is 71.4 cm³/mol. The molecule has 0 fully saturated rings. The van der Waals surface area contributed by atoms with E-state index >= 15 is 0 Å². The van der Waals surface area contributed by atoms with Crippen LogP contribution in [0.3, 0.4) is 0 Å². The Bertz CT molecular complexity index is 642. The smallest absolute Gasteiger partial charge is 0.150 e. The molecule has 1 N–H and O–H groups in total. The van der Waals surface area contributed by atoms with Crippen molar-refractivity contribution >= 4 is 5.69 Å². The molecule has 20 heavy (non-hydrogen) atoms. The molecule has 0 atom stereocenters. The summed E-state index contributed by atoms with van der Waals surface area (Å²) >= 11 is 0. The summed E-state index contributed by atoms with van der Waals surface area (Å²) in [6.45, 7) is 0.212. The standard InChI is InChI=1S/C15H12F2N2O/c1-20-14-5-3-2-4-11(14)9-19-15-12(16)6-10(8-18)7-13(15)17/h2-7,19H,9H2,1H3. The van der Waals surface area contributed by atoms with E-state index in [1.54, 1.807) is 18.2 Å². The summed E-state index contributed by atoms with van der Waals surface area (Å²) in [7, 11) is 1.53. The largest absolute Gasteiger partial charge is 0.496 e. The SMILES string of the molecule is COc1ccccc1CNc1c(F)cc(C#N)cc1F. The number of halogens is 2. The molecule has 0 saturated heterocycles. The lowest BCUT2D eigenvalue weighted by molar-refractivity contribution is 0.410. The molecule has 102 valence electrons. The van der Waals surface area contributed by atoms with E-state index in [1.807, 2.05) is 12.1 Å². The summed E-state index contributed by atoms with van der Waals surface area (Å²) in [5.41, 5.74) is 0.468. The molecule has 0 radical (unpaired) electrons. The summed E-state index contributed by atoms with van der Waals surface area (Å²) in [5, 5.41) is 11.3. The van der Waals surface area contributed by atoms with Gasteiger partial charge in [0.1, 0.15) is 11.4 Å². The summed E-state index contributed by atoms with van der Waals surface area (Å²) in [4.78, 5) is 0. The average Bonchev–Trinajstić information content (AvgIpc) is 2.46. The maximum Gasteiger partial charge on any atom is 0.150 e. The van der Waals surface area contributed by atoms with E-state index in [9.17, 15) is 8.78 Å². The molecule has 0 unspecified atom stereocenters. The number of nitriles is 1. The first-order valence-corrected chi connectivity index (χ1v) is 5.90. The second kappa shape index (κ2) is 6.02. The van der Waals surface area contributed by atoms with Gasteiger partial charge in [-0.15, -0.1) is 0 Å². The number of para-hydroxylation sites is 1.